The molecule has 1 aliphatic rings. The lowest BCUT2D eigenvalue weighted by Crippen LogP contribution is -2.48. The Hall–Kier alpha value is -0.990. The van der Waals surface area contributed by atoms with Crippen LogP contribution in [0.15, 0.2) is 12.2 Å². The van der Waals surface area contributed by atoms with Crippen LogP contribution in [0, 0.1) is 0 Å². The highest BCUT2D eigenvalue weighted by atomic mass is 16.4. The summed E-state index contributed by atoms with van der Waals surface area (Å²) in [7, 11) is 0. The highest BCUT2D eigenvalue weighted by molar-refractivity contribution is 5.66. The lowest BCUT2D eigenvalue weighted by Gasteiger charge is -2.37. The van der Waals surface area contributed by atoms with Gasteiger partial charge in [0, 0.05) is 12.1 Å². The Morgan fingerprint density at radius 3 is 2.55 bits per heavy atom. The summed E-state index contributed by atoms with van der Waals surface area (Å²) in [6.07, 6.45) is 3.89. The molecule has 0 bridgehead atoms. The van der Waals surface area contributed by atoms with Crippen LogP contribution in [-0.4, -0.2) is 28.2 Å². The van der Waals surface area contributed by atoms with Gasteiger partial charge in [0.05, 0.1) is 0 Å². The highest BCUT2D eigenvalue weighted by Crippen LogP contribution is 2.22. The molecule has 1 aliphatic heterocycles. The van der Waals surface area contributed by atoms with Gasteiger partial charge in [-0.25, -0.2) is 4.79 Å². The van der Waals surface area contributed by atoms with Crippen molar-refractivity contribution in [2.45, 2.75) is 25.8 Å². The summed E-state index contributed by atoms with van der Waals surface area (Å²) in [6, 6.07) is 0. The van der Waals surface area contributed by atoms with E-state index in [1.807, 2.05) is 26.0 Å². The molecule has 3 nitrogen and oxygen atoms in total. The molecule has 0 atom stereocenters. The maximum Gasteiger partial charge on any atom is 0.408 e. The number of nitrogens with zero attached hydrogens (tertiary/aromatic N) is 1. The SMILES string of the molecule is CC1(C)CC=CCN1C(=O)O. The van der Waals surface area contributed by atoms with E-state index in [2.05, 4.69) is 0 Å². The topological polar surface area (TPSA) is 40.5 Å². The van der Waals surface area contributed by atoms with Gasteiger partial charge in [-0.2, -0.15) is 0 Å². The zero-order valence-electron chi connectivity index (χ0n) is 6.87. The minimum atomic E-state index is -0.834. The van der Waals surface area contributed by atoms with Crippen LogP contribution in [0.5, 0.6) is 0 Å². The monoisotopic (exact) mass is 155 g/mol. The van der Waals surface area contributed by atoms with Crippen LogP contribution in [0.2, 0.25) is 0 Å². The van der Waals surface area contributed by atoms with Crippen LogP contribution >= 0.6 is 0 Å². The van der Waals surface area contributed by atoms with E-state index in [4.69, 9.17) is 5.11 Å². The quantitative estimate of drug-likeness (QED) is 0.541. The van der Waals surface area contributed by atoms with Crippen molar-refractivity contribution in [2.75, 3.05) is 6.54 Å². The van der Waals surface area contributed by atoms with Gasteiger partial charge in [0.2, 0.25) is 0 Å². The van der Waals surface area contributed by atoms with Crippen molar-refractivity contribution in [3.8, 4) is 0 Å². The molecular weight excluding hydrogens is 142 g/mol. The molecule has 0 aromatic carbocycles. The molecule has 1 N–H and O–H groups in total. The molecule has 0 aliphatic carbocycles. The summed E-state index contributed by atoms with van der Waals surface area (Å²) >= 11 is 0. The van der Waals surface area contributed by atoms with Crippen LogP contribution in [0.4, 0.5) is 4.79 Å². The molecule has 11 heavy (non-hydrogen) atoms. The average Bonchev–Trinajstić information content (AvgIpc) is 1.85. The Morgan fingerprint density at radius 1 is 1.55 bits per heavy atom. The molecule has 1 amide bonds. The first-order valence-electron chi connectivity index (χ1n) is 3.69. The predicted molar refractivity (Wildman–Crippen MR) is 42.6 cm³/mol. The first-order chi connectivity index (χ1) is 5.04. The molecular formula is C8H13NO2. The summed E-state index contributed by atoms with van der Waals surface area (Å²) in [5.41, 5.74) is -0.236. The fourth-order valence-corrected chi connectivity index (χ4v) is 1.25. The van der Waals surface area contributed by atoms with Gasteiger partial charge in [-0.3, -0.25) is 4.90 Å². The number of hydrogen-bond acceptors (Lipinski definition) is 1. The molecule has 62 valence electrons. The summed E-state index contributed by atoms with van der Waals surface area (Å²) in [5, 5.41) is 8.77. The average molecular weight is 155 g/mol. The molecule has 0 aromatic heterocycles. The van der Waals surface area contributed by atoms with Crippen molar-refractivity contribution in [1.29, 1.82) is 0 Å². The van der Waals surface area contributed by atoms with Gasteiger partial charge in [-0.1, -0.05) is 12.2 Å². The Kier molecular flexibility index (Phi) is 1.89. The predicted octanol–water partition coefficient (Wildman–Crippen LogP) is 1.70. The van der Waals surface area contributed by atoms with E-state index in [1.54, 1.807) is 0 Å². The number of carbonyl (C=O) groups is 1. The molecule has 0 unspecified atom stereocenters. The van der Waals surface area contributed by atoms with Crippen molar-refractivity contribution >= 4 is 6.09 Å². The van der Waals surface area contributed by atoms with Crippen molar-refractivity contribution < 1.29 is 9.90 Å². The van der Waals surface area contributed by atoms with E-state index in [1.165, 1.54) is 4.90 Å². The Labute approximate surface area is 66.3 Å². The first kappa shape index (κ1) is 8.11. The second-order valence-electron chi connectivity index (χ2n) is 3.38. The molecule has 0 spiro atoms. The summed E-state index contributed by atoms with van der Waals surface area (Å²) < 4.78 is 0. The number of hydrogen-bond donors (Lipinski definition) is 1. The first-order valence-corrected chi connectivity index (χ1v) is 3.69. The Balaban J connectivity index is 2.78. The maximum atomic E-state index is 10.7. The lowest BCUT2D eigenvalue weighted by atomic mass is 9.95. The van der Waals surface area contributed by atoms with Gasteiger partial charge in [-0.05, 0) is 20.3 Å². The normalized spacial score (nSPS) is 21.8. The second kappa shape index (κ2) is 2.57. The van der Waals surface area contributed by atoms with E-state index in [9.17, 15) is 4.79 Å². The van der Waals surface area contributed by atoms with Crippen molar-refractivity contribution in [1.82, 2.24) is 4.90 Å². The van der Waals surface area contributed by atoms with Crippen LogP contribution < -0.4 is 0 Å². The zero-order chi connectivity index (χ0) is 8.48. The van der Waals surface area contributed by atoms with E-state index >= 15 is 0 Å². The third-order valence-corrected chi connectivity index (χ3v) is 2.03. The van der Waals surface area contributed by atoms with Gasteiger partial charge >= 0.3 is 6.09 Å². The lowest BCUT2D eigenvalue weighted by molar-refractivity contribution is 0.0974. The fraction of sp³-hybridized carbons (Fsp3) is 0.625. The molecule has 0 aromatic rings. The van der Waals surface area contributed by atoms with Gasteiger partial charge in [0.25, 0.3) is 0 Å². The number of rotatable bonds is 0. The number of amides is 1. The van der Waals surface area contributed by atoms with Crippen LogP contribution in [0.3, 0.4) is 0 Å². The van der Waals surface area contributed by atoms with Crippen molar-refractivity contribution in [3.05, 3.63) is 12.2 Å². The molecule has 3 heteroatoms. The van der Waals surface area contributed by atoms with Crippen LogP contribution in [0.1, 0.15) is 20.3 Å². The van der Waals surface area contributed by atoms with Gasteiger partial charge in [-0.15, -0.1) is 0 Å². The smallest absolute Gasteiger partial charge is 0.408 e. The van der Waals surface area contributed by atoms with Gasteiger partial charge < -0.3 is 5.11 Å². The van der Waals surface area contributed by atoms with Crippen molar-refractivity contribution in [2.24, 2.45) is 0 Å². The fourth-order valence-electron chi connectivity index (χ4n) is 1.25. The zero-order valence-corrected chi connectivity index (χ0v) is 6.87. The second-order valence-corrected chi connectivity index (χ2v) is 3.38. The van der Waals surface area contributed by atoms with E-state index in [0.717, 1.165) is 6.42 Å². The van der Waals surface area contributed by atoms with Crippen LogP contribution in [-0.2, 0) is 0 Å². The van der Waals surface area contributed by atoms with Gasteiger partial charge in [0.15, 0.2) is 0 Å². The summed E-state index contributed by atoms with van der Waals surface area (Å²) in [5.74, 6) is 0. The van der Waals surface area contributed by atoms with Gasteiger partial charge in [0.1, 0.15) is 0 Å². The van der Waals surface area contributed by atoms with E-state index in [-0.39, 0.29) is 5.54 Å². The molecule has 1 rings (SSSR count). The molecule has 0 fully saturated rings. The maximum absolute atomic E-state index is 10.7. The minimum absolute atomic E-state index is 0.236. The molecule has 0 saturated carbocycles. The third-order valence-electron chi connectivity index (χ3n) is 2.03. The molecule has 0 saturated heterocycles. The summed E-state index contributed by atoms with van der Waals surface area (Å²) in [6.45, 7) is 4.39. The molecule has 1 heterocycles. The minimum Gasteiger partial charge on any atom is -0.465 e. The summed E-state index contributed by atoms with van der Waals surface area (Å²) in [4.78, 5) is 12.1. The largest absolute Gasteiger partial charge is 0.465 e. The van der Waals surface area contributed by atoms with E-state index < -0.39 is 6.09 Å². The third kappa shape index (κ3) is 1.53. The Morgan fingerprint density at radius 2 is 2.18 bits per heavy atom. The standard InChI is InChI=1S/C8H13NO2/c1-8(2)5-3-4-6-9(8)7(10)11/h3-4H,5-6H2,1-2H3,(H,10,11). The van der Waals surface area contributed by atoms with Crippen molar-refractivity contribution in [3.63, 3.8) is 0 Å². The van der Waals surface area contributed by atoms with Crippen LogP contribution in [0.25, 0.3) is 0 Å². The Bertz CT molecular complexity index is 196. The molecule has 0 radical (unpaired) electrons. The highest BCUT2D eigenvalue weighted by Gasteiger charge is 2.30. The van der Waals surface area contributed by atoms with E-state index in [0.29, 0.717) is 6.54 Å². The number of carboxylic acid groups (broad SMARTS) is 1.